The summed E-state index contributed by atoms with van der Waals surface area (Å²) < 4.78 is 47.6. The molecule has 0 aromatic carbocycles. The van der Waals surface area contributed by atoms with Gasteiger partial charge >= 0.3 is 10.4 Å². The summed E-state index contributed by atoms with van der Waals surface area (Å²) in [7, 11) is -5.08. The van der Waals surface area contributed by atoms with E-state index in [0.717, 1.165) is 44.9 Å². The first kappa shape index (κ1) is 57.6. The SMILES string of the molecule is CCCCCCCCCCC/C=C/C(O)C(COC1OC(CO)C(O)C(OS(=O)(=O)O)C1O)NC(=O)CCCCCCCCC/C=C\CCCCCCCCCCCCCC. The molecule has 0 saturated carbocycles. The Morgan fingerprint density at radius 1 is 0.639 bits per heavy atom. The minimum Gasteiger partial charge on any atom is -0.394 e. The number of nitrogens with one attached hydrogen (secondary N) is 1. The van der Waals surface area contributed by atoms with Crippen LogP contribution in [0.3, 0.4) is 0 Å². The monoisotopic (exact) mass is 890 g/mol. The van der Waals surface area contributed by atoms with Gasteiger partial charge in [0.2, 0.25) is 5.91 Å². The molecule has 0 aromatic heterocycles. The van der Waals surface area contributed by atoms with E-state index in [1.165, 1.54) is 148 Å². The summed E-state index contributed by atoms with van der Waals surface area (Å²) in [4.78, 5) is 13.0. The lowest BCUT2D eigenvalue weighted by Gasteiger charge is -2.41. The summed E-state index contributed by atoms with van der Waals surface area (Å²) in [5.74, 6) is -0.267. The Balaban J connectivity index is 2.40. The predicted molar refractivity (Wildman–Crippen MR) is 245 cm³/mol. The highest BCUT2D eigenvalue weighted by Gasteiger charge is 2.48. The lowest BCUT2D eigenvalue weighted by molar-refractivity contribution is -0.298. The van der Waals surface area contributed by atoms with Crippen molar-refractivity contribution in [2.24, 2.45) is 0 Å². The van der Waals surface area contributed by atoms with Gasteiger partial charge in [-0.2, -0.15) is 8.42 Å². The summed E-state index contributed by atoms with van der Waals surface area (Å²) in [5, 5.41) is 44.7. The summed E-state index contributed by atoms with van der Waals surface area (Å²) in [5.41, 5.74) is 0. The highest BCUT2D eigenvalue weighted by atomic mass is 32.3. The number of hydrogen-bond acceptors (Lipinski definition) is 10. The first-order valence-electron chi connectivity index (χ1n) is 24.7. The minimum atomic E-state index is -5.08. The quantitative estimate of drug-likeness (QED) is 0.0194. The highest BCUT2D eigenvalue weighted by molar-refractivity contribution is 7.80. The van der Waals surface area contributed by atoms with Gasteiger partial charge in [0, 0.05) is 6.42 Å². The van der Waals surface area contributed by atoms with Gasteiger partial charge in [-0.05, 0) is 44.9 Å². The molecule has 7 atom stereocenters. The van der Waals surface area contributed by atoms with Crippen LogP contribution in [-0.2, 0) is 28.9 Å². The van der Waals surface area contributed by atoms with Crippen LogP contribution in [0.1, 0.15) is 219 Å². The molecule has 360 valence electrons. The van der Waals surface area contributed by atoms with E-state index >= 15 is 0 Å². The van der Waals surface area contributed by atoms with Crippen LogP contribution in [0.15, 0.2) is 24.3 Å². The maximum Gasteiger partial charge on any atom is 0.397 e. The van der Waals surface area contributed by atoms with Gasteiger partial charge in [-0.3, -0.25) is 9.35 Å². The Labute approximate surface area is 372 Å². The fraction of sp³-hybridized carbons (Fsp3) is 0.896. The zero-order valence-corrected chi connectivity index (χ0v) is 39.3. The molecule has 7 unspecified atom stereocenters. The molecule has 1 fully saturated rings. The largest absolute Gasteiger partial charge is 0.397 e. The topological polar surface area (TPSA) is 192 Å². The molecule has 0 radical (unpaired) electrons. The van der Waals surface area contributed by atoms with Gasteiger partial charge in [-0.25, -0.2) is 4.18 Å². The molecule has 61 heavy (non-hydrogen) atoms. The summed E-state index contributed by atoms with van der Waals surface area (Å²) in [6.07, 6.45) is 36.6. The Kier molecular flexibility index (Phi) is 36.8. The Hall–Kier alpha value is -1.42. The van der Waals surface area contributed by atoms with Crippen molar-refractivity contribution in [1.82, 2.24) is 5.32 Å². The molecule has 0 spiro atoms. The van der Waals surface area contributed by atoms with Gasteiger partial charge in [0.1, 0.15) is 24.4 Å². The molecule has 12 nitrogen and oxygen atoms in total. The van der Waals surface area contributed by atoms with E-state index in [-0.39, 0.29) is 18.9 Å². The third-order valence-electron chi connectivity index (χ3n) is 11.7. The lowest BCUT2D eigenvalue weighted by Crippen LogP contribution is -2.61. The van der Waals surface area contributed by atoms with Crippen LogP contribution in [-0.4, -0.2) is 95.4 Å². The maximum absolute atomic E-state index is 13.0. The van der Waals surface area contributed by atoms with Gasteiger partial charge in [0.25, 0.3) is 0 Å². The first-order chi connectivity index (χ1) is 29.5. The first-order valence-corrected chi connectivity index (χ1v) is 26.1. The normalized spacial score (nSPS) is 20.8. The molecule has 0 aromatic rings. The molecule has 1 aliphatic heterocycles. The average Bonchev–Trinajstić information content (AvgIpc) is 3.23. The third kappa shape index (κ3) is 32.0. The van der Waals surface area contributed by atoms with Crippen molar-refractivity contribution in [3.8, 4) is 0 Å². The number of amides is 1. The van der Waals surface area contributed by atoms with E-state index in [9.17, 15) is 38.2 Å². The molecular formula is C48H91NO11S. The highest BCUT2D eigenvalue weighted by Crippen LogP contribution is 2.26. The van der Waals surface area contributed by atoms with Gasteiger partial charge < -0.3 is 35.2 Å². The number of aliphatic hydroxyl groups excluding tert-OH is 4. The molecular weight excluding hydrogens is 799 g/mol. The predicted octanol–water partition coefficient (Wildman–Crippen LogP) is 10.1. The number of hydrogen-bond donors (Lipinski definition) is 6. The second-order valence-electron chi connectivity index (χ2n) is 17.4. The van der Waals surface area contributed by atoms with Gasteiger partial charge in [0.05, 0.1) is 25.4 Å². The van der Waals surface area contributed by atoms with Crippen molar-refractivity contribution in [3.63, 3.8) is 0 Å². The fourth-order valence-electron chi connectivity index (χ4n) is 7.86. The van der Waals surface area contributed by atoms with Crippen LogP contribution in [0.5, 0.6) is 0 Å². The van der Waals surface area contributed by atoms with E-state index in [1.54, 1.807) is 6.08 Å². The molecule has 1 rings (SSSR count). The van der Waals surface area contributed by atoms with Crippen LogP contribution in [0.25, 0.3) is 0 Å². The van der Waals surface area contributed by atoms with Crippen molar-refractivity contribution in [3.05, 3.63) is 24.3 Å². The zero-order chi connectivity index (χ0) is 44.8. The smallest absolute Gasteiger partial charge is 0.394 e. The Morgan fingerprint density at radius 2 is 1.05 bits per heavy atom. The van der Waals surface area contributed by atoms with E-state index in [4.69, 9.17) is 9.47 Å². The zero-order valence-electron chi connectivity index (χ0n) is 38.5. The van der Waals surface area contributed by atoms with Crippen molar-refractivity contribution < 1.29 is 51.8 Å². The second kappa shape index (κ2) is 39.0. The van der Waals surface area contributed by atoms with Crippen molar-refractivity contribution >= 4 is 16.3 Å². The van der Waals surface area contributed by atoms with E-state index < -0.39 is 59.9 Å². The van der Waals surface area contributed by atoms with Crippen LogP contribution in [0.4, 0.5) is 0 Å². The molecule has 0 aliphatic carbocycles. The van der Waals surface area contributed by atoms with Crippen molar-refractivity contribution in [2.45, 2.75) is 262 Å². The van der Waals surface area contributed by atoms with Crippen LogP contribution in [0.2, 0.25) is 0 Å². The summed E-state index contributed by atoms with van der Waals surface area (Å²) in [6.45, 7) is 3.37. The van der Waals surface area contributed by atoms with E-state index in [2.05, 4.69) is 35.5 Å². The van der Waals surface area contributed by atoms with Crippen LogP contribution in [0, 0.1) is 0 Å². The number of aliphatic hydroxyl groups is 4. The Bertz CT molecular complexity index is 1190. The summed E-state index contributed by atoms with van der Waals surface area (Å²) in [6, 6.07) is -0.943. The molecule has 1 amide bonds. The molecule has 1 heterocycles. The fourth-order valence-corrected chi connectivity index (χ4v) is 8.37. The summed E-state index contributed by atoms with van der Waals surface area (Å²) >= 11 is 0. The second-order valence-corrected chi connectivity index (χ2v) is 18.4. The number of carbonyl (C=O) groups excluding carboxylic acids is 1. The lowest BCUT2D eigenvalue weighted by atomic mass is 9.99. The van der Waals surface area contributed by atoms with Gasteiger partial charge in [-0.1, -0.05) is 192 Å². The standard InChI is InChI=1S/C48H91NO11S/c1-3-5-7-9-11-13-15-16-17-18-19-20-21-22-23-24-25-26-28-30-32-34-36-38-44(52)49-41(42(51)37-35-33-31-29-27-14-12-10-8-6-4-2)40-58-48-46(54)47(60-61(55,56)57)45(53)43(39-50)59-48/h22-23,35,37,41-43,45-48,50-51,53-54H,3-21,24-34,36,38-40H2,1-2H3,(H,49,52)(H,55,56,57)/b23-22-,37-35+. The number of rotatable bonds is 42. The molecule has 0 bridgehead atoms. The molecule has 6 N–H and O–H groups in total. The third-order valence-corrected chi connectivity index (χ3v) is 12.2. The average molecular weight is 890 g/mol. The molecule has 13 heteroatoms. The van der Waals surface area contributed by atoms with Crippen molar-refractivity contribution in [2.75, 3.05) is 13.2 Å². The molecule has 1 saturated heterocycles. The van der Waals surface area contributed by atoms with E-state index in [0.29, 0.717) is 6.42 Å². The van der Waals surface area contributed by atoms with E-state index in [1.807, 2.05) is 6.08 Å². The van der Waals surface area contributed by atoms with Crippen LogP contribution >= 0.6 is 0 Å². The number of carbonyl (C=O) groups is 1. The van der Waals surface area contributed by atoms with Crippen LogP contribution < -0.4 is 5.32 Å². The minimum absolute atomic E-state index is 0.265. The number of unbranched alkanes of at least 4 members (excludes halogenated alkanes) is 28. The Morgan fingerprint density at radius 3 is 1.48 bits per heavy atom. The number of ether oxygens (including phenoxy) is 2. The maximum atomic E-state index is 13.0. The van der Waals surface area contributed by atoms with Gasteiger partial charge in [0.15, 0.2) is 6.29 Å². The van der Waals surface area contributed by atoms with Gasteiger partial charge in [-0.15, -0.1) is 0 Å². The van der Waals surface area contributed by atoms with Crippen molar-refractivity contribution in [1.29, 1.82) is 0 Å². The number of allylic oxidation sites excluding steroid dienone is 3. The molecule has 1 aliphatic rings.